The van der Waals surface area contributed by atoms with Gasteiger partial charge >= 0.3 is 0 Å². The Hall–Kier alpha value is 0.390. The van der Waals surface area contributed by atoms with E-state index in [4.69, 9.17) is 0 Å². The summed E-state index contributed by atoms with van der Waals surface area (Å²) < 4.78 is -0.524. The molecule has 2 nitrogen and oxygen atoms in total. The topological polar surface area (TPSA) is 40.5 Å². The number of halogens is 1. The first-order valence-corrected chi connectivity index (χ1v) is 13.8. The third kappa shape index (κ3) is 3.95. The van der Waals surface area contributed by atoms with Gasteiger partial charge in [-0.05, 0) is 141 Å². The van der Waals surface area contributed by atoms with Crippen molar-refractivity contribution in [1.29, 1.82) is 0 Å². The number of rotatable bonds is 5. The molecule has 0 radical (unpaired) electrons. The molecule has 0 saturated heterocycles. The lowest BCUT2D eigenvalue weighted by Gasteiger charge is -2.59. The van der Waals surface area contributed by atoms with Crippen molar-refractivity contribution in [1.82, 2.24) is 0 Å². The van der Waals surface area contributed by atoms with E-state index in [1.807, 2.05) is 6.92 Å². The molecule has 0 aliphatic heterocycles. The average molecular weight is 529 g/mol. The van der Waals surface area contributed by atoms with Crippen LogP contribution in [0, 0.1) is 40.4 Å². The van der Waals surface area contributed by atoms with E-state index >= 15 is 0 Å². The van der Waals surface area contributed by atoms with Crippen LogP contribution in [0.15, 0.2) is 11.6 Å². The highest BCUT2D eigenvalue weighted by molar-refractivity contribution is 14.1. The molecule has 0 bridgehead atoms. The Morgan fingerprint density at radius 2 is 1.87 bits per heavy atom. The maximum atomic E-state index is 10.7. The predicted molar refractivity (Wildman–Crippen MR) is 133 cm³/mol. The Kier molecular flexibility index (Phi) is 6.28. The maximum Gasteiger partial charge on any atom is 0.115 e. The van der Waals surface area contributed by atoms with E-state index in [9.17, 15) is 10.2 Å². The van der Waals surface area contributed by atoms with Gasteiger partial charge in [-0.1, -0.05) is 39.3 Å². The van der Waals surface area contributed by atoms with Crippen LogP contribution < -0.4 is 0 Å². The van der Waals surface area contributed by atoms with Crippen LogP contribution in [0.25, 0.3) is 0 Å². The van der Waals surface area contributed by atoms with Crippen LogP contribution in [0.1, 0.15) is 105 Å². The van der Waals surface area contributed by atoms with Gasteiger partial charge in [-0.15, -0.1) is 0 Å². The molecule has 0 aromatic carbocycles. The zero-order valence-corrected chi connectivity index (χ0v) is 22.2. The minimum atomic E-state index is -0.524. The van der Waals surface area contributed by atoms with Crippen LogP contribution in [0.3, 0.4) is 0 Å². The second kappa shape index (κ2) is 8.01. The fourth-order valence-electron chi connectivity index (χ4n) is 8.61. The van der Waals surface area contributed by atoms with E-state index in [0.29, 0.717) is 16.7 Å². The summed E-state index contributed by atoms with van der Waals surface area (Å²) in [5, 5.41) is 21.2. The highest BCUT2D eigenvalue weighted by atomic mass is 127. The van der Waals surface area contributed by atoms with Gasteiger partial charge in [-0.3, -0.25) is 0 Å². The molecule has 3 saturated carbocycles. The van der Waals surface area contributed by atoms with Gasteiger partial charge in [0.2, 0.25) is 0 Å². The SMILES string of the molecule is CC[C@@](O)(I)CC[C@@H](C)[C@H]1CC[C@H]2[C@@H]3CC=C4C[C@@](C)(O)CC[C@]4(C)[C@H]3CC[C@]12C. The predicted octanol–water partition coefficient (Wildman–Crippen LogP) is 7.27. The smallest absolute Gasteiger partial charge is 0.115 e. The lowest BCUT2D eigenvalue weighted by atomic mass is 9.46. The number of allylic oxidation sites excluding steroid dienone is 1. The van der Waals surface area contributed by atoms with Gasteiger partial charge in [-0.25, -0.2) is 0 Å². The largest absolute Gasteiger partial charge is 0.390 e. The van der Waals surface area contributed by atoms with Gasteiger partial charge in [-0.2, -0.15) is 0 Å². The van der Waals surface area contributed by atoms with Gasteiger partial charge in [0.25, 0.3) is 0 Å². The van der Waals surface area contributed by atoms with E-state index in [-0.39, 0.29) is 0 Å². The number of alkyl halides is 1. The lowest BCUT2D eigenvalue weighted by molar-refractivity contribution is -0.0709. The van der Waals surface area contributed by atoms with E-state index in [2.05, 4.69) is 56.4 Å². The molecule has 0 spiro atoms. The normalized spacial score (nSPS) is 48.7. The minimum Gasteiger partial charge on any atom is -0.390 e. The molecular weight excluding hydrogens is 483 g/mol. The lowest BCUT2D eigenvalue weighted by Crippen LogP contribution is -2.52. The zero-order chi connectivity index (χ0) is 21.9. The van der Waals surface area contributed by atoms with Crippen LogP contribution >= 0.6 is 22.6 Å². The van der Waals surface area contributed by atoms with Crippen molar-refractivity contribution in [3.63, 3.8) is 0 Å². The number of hydrogen-bond acceptors (Lipinski definition) is 2. The van der Waals surface area contributed by atoms with E-state index in [0.717, 1.165) is 55.8 Å². The zero-order valence-electron chi connectivity index (χ0n) is 20.0. The van der Waals surface area contributed by atoms with Crippen LogP contribution in [0.5, 0.6) is 0 Å². The third-order valence-corrected chi connectivity index (χ3v) is 12.0. The summed E-state index contributed by atoms with van der Waals surface area (Å²) in [7, 11) is 0. The molecule has 0 aromatic heterocycles. The molecule has 3 heteroatoms. The van der Waals surface area contributed by atoms with Crippen LogP contribution in [0.2, 0.25) is 0 Å². The van der Waals surface area contributed by atoms with Crippen molar-refractivity contribution in [3.8, 4) is 0 Å². The molecule has 0 unspecified atom stereocenters. The van der Waals surface area contributed by atoms with Gasteiger partial charge in [0.05, 0.1) is 5.60 Å². The van der Waals surface area contributed by atoms with Crippen molar-refractivity contribution in [3.05, 3.63) is 11.6 Å². The molecule has 0 heterocycles. The second-order valence-corrected chi connectivity index (χ2v) is 14.5. The molecule has 2 N–H and O–H groups in total. The first-order chi connectivity index (χ1) is 13.9. The monoisotopic (exact) mass is 528 g/mol. The summed E-state index contributed by atoms with van der Waals surface area (Å²) in [6.45, 7) is 11.8. The molecule has 4 aliphatic carbocycles. The van der Waals surface area contributed by atoms with Crippen molar-refractivity contribution >= 4 is 22.6 Å². The Morgan fingerprint density at radius 1 is 1.13 bits per heavy atom. The summed E-state index contributed by atoms with van der Waals surface area (Å²) in [6.07, 6.45) is 15.3. The van der Waals surface area contributed by atoms with E-state index < -0.39 is 9.21 Å². The molecule has 0 aromatic rings. The van der Waals surface area contributed by atoms with Gasteiger partial charge in [0.1, 0.15) is 3.61 Å². The fourth-order valence-corrected chi connectivity index (χ4v) is 8.92. The molecular formula is C27H45IO2. The first kappa shape index (κ1) is 23.5. The summed E-state index contributed by atoms with van der Waals surface area (Å²) in [5.74, 6) is 4.05. The van der Waals surface area contributed by atoms with Crippen molar-refractivity contribution in [2.45, 2.75) is 114 Å². The molecule has 3 fully saturated rings. The number of hydrogen-bond donors (Lipinski definition) is 2. The van der Waals surface area contributed by atoms with Crippen LogP contribution in [0.4, 0.5) is 0 Å². The van der Waals surface area contributed by atoms with Crippen LogP contribution in [-0.2, 0) is 0 Å². The molecule has 4 aliphatic rings. The molecule has 4 rings (SSSR count). The van der Waals surface area contributed by atoms with Crippen molar-refractivity contribution in [2.24, 2.45) is 40.4 Å². The van der Waals surface area contributed by atoms with Gasteiger partial charge < -0.3 is 10.2 Å². The standard InChI is InChI=1S/C27H45IO2/c1-6-27(28,30)14-11-18(2)21-9-10-22-20-8-7-19-17-24(3,29)15-16-25(19,4)23(20)12-13-26(21,22)5/h7,18,20-23,29-30H,6,8-17H2,1-5H3/t18-,20+,21-,22+,23+,24+,25+,26-,27+/m1/s1. The van der Waals surface area contributed by atoms with E-state index in [1.54, 1.807) is 5.57 Å². The quantitative estimate of drug-likeness (QED) is 0.224. The van der Waals surface area contributed by atoms with E-state index in [1.165, 1.54) is 38.5 Å². The van der Waals surface area contributed by atoms with Gasteiger partial charge in [0.15, 0.2) is 0 Å². The molecule has 172 valence electrons. The van der Waals surface area contributed by atoms with Crippen molar-refractivity contribution in [2.75, 3.05) is 0 Å². The highest BCUT2D eigenvalue weighted by Gasteiger charge is 2.59. The third-order valence-electron chi connectivity index (χ3n) is 10.7. The molecule has 0 amide bonds. The minimum absolute atomic E-state index is 0.328. The Morgan fingerprint density at radius 3 is 2.57 bits per heavy atom. The van der Waals surface area contributed by atoms with Gasteiger partial charge in [0, 0.05) is 0 Å². The first-order valence-electron chi connectivity index (χ1n) is 12.7. The summed E-state index contributed by atoms with van der Waals surface area (Å²) >= 11 is 2.25. The van der Waals surface area contributed by atoms with Crippen LogP contribution in [-0.4, -0.2) is 19.4 Å². The van der Waals surface area contributed by atoms with Crippen molar-refractivity contribution < 1.29 is 10.2 Å². The average Bonchev–Trinajstić information content (AvgIpc) is 3.04. The summed E-state index contributed by atoms with van der Waals surface area (Å²) in [4.78, 5) is 0. The molecule has 30 heavy (non-hydrogen) atoms. The fraction of sp³-hybridized carbons (Fsp3) is 0.926. The number of fused-ring (bicyclic) bond motifs is 5. The second-order valence-electron chi connectivity index (χ2n) is 12.4. The summed E-state index contributed by atoms with van der Waals surface area (Å²) in [6, 6.07) is 0. The molecule has 9 atom stereocenters. The number of aliphatic hydroxyl groups is 2. The maximum absolute atomic E-state index is 10.7. The Labute approximate surface area is 198 Å². The highest BCUT2D eigenvalue weighted by Crippen LogP contribution is 2.67. The Balaban J connectivity index is 1.51. The summed E-state index contributed by atoms with van der Waals surface area (Å²) in [5.41, 5.74) is 1.90. The Bertz CT molecular complexity index is 682.